The molecule has 2 nitrogen and oxygen atoms in total. The third kappa shape index (κ3) is 2.55. The summed E-state index contributed by atoms with van der Waals surface area (Å²) in [6, 6.07) is 4.65. The van der Waals surface area contributed by atoms with Crippen LogP contribution in [0.25, 0.3) is 0 Å². The van der Waals surface area contributed by atoms with Crippen molar-refractivity contribution < 1.29 is 5.11 Å². The molecule has 0 aliphatic rings. The fourth-order valence-electron chi connectivity index (χ4n) is 0.890. The van der Waals surface area contributed by atoms with Gasteiger partial charge >= 0.3 is 0 Å². The van der Waals surface area contributed by atoms with E-state index >= 15 is 0 Å². The van der Waals surface area contributed by atoms with E-state index in [9.17, 15) is 5.11 Å². The highest BCUT2D eigenvalue weighted by Crippen LogP contribution is 2.25. The molecule has 1 rings (SSSR count). The van der Waals surface area contributed by atoms with Crippen molar-refractivity contribution in [1.82, 2.24) is 0 Å². The number of halogens is 2. The van der Waals surface area contributed by atoms with Crippen LogP contribution in [-0.2, 0) is 0 Å². The molecule has 12 heavy (non-hydrogen) atoms. The van der Waals surface area contributed by atoms with Crippen molar-refractivity contribution in [3.8, 4) is 5.75 Å². The van der Waals surface area contributed by atoms with Crippen LogP contribution in [0.4, 0.5) is 0 Å². The molecular weight excluding hydrogens is 197 g/mol. The molecule has 3 N–H and O–H groups in total. The van der Waals surface area contributed by atoms with E-state index in [2.05, 4.69) is 0 Å². The van der Waals surface area contributed by atoms with Gasteiger partial charge in [-0.25, -0.2) is 0 Å². The maximum atomic E-state index is 9.27. The van der Waals surface area contributed by atoms with Crippen molar-refractivity contribution in [3.05, 3.63) is 28.8 Å². The number of phenols is 1. The first-order valence-corrected chi connectivity index (χ1v) is 3.73. The Hall–Kier alpha value is -0.440. The lowest BCUT2D eigenvalue weighted by atomic mass is 10.1. The predicted molar refractivity (Wildman–Crippen MR) is 53.0 cm³/mol. The molecule has 0 aliphatic carbocycles. The number of phenolic OH excluding ortho intramolecular Hbond substituents is 1. The van der Waals surface area contributed by atoms with Crippen molar-refractivity contribution in [2.45, 2.75) is 13.0 Å². The average Bonchev–Trinajstić information content (AvgIpc) is 1.94. The molecule has 68 valence electrons. The van der Waals surface area contributed by atoms with Gasteiger partial charge in [0.25, 0.3) is 0 Å². The molecule has 0 amide bonds. The Morgan fingerprint density at radius 2 is 2.08 bits per heavy atom. The van der Waals surface area contributed by atoms with Crippen molar-refractivity contribution in [3.63, 3.8) is 0 Å². The van der Waals surface area contributed by atoms with Gasteiger partial charge in [-0.3, -0.25) is 0 Å². The Morgan fingerprint density at radius 3 is 2.50 bits per heavy atom. The number of rotatable bonds is 1. The number of nitrogens with two attached hydrogens (primary N) is 1. The summed E-state index contributed by atoms with van der Waals surface area (Å²) >= 11 is 5.69. The van der Waals surface area contributed by atoms with Gasteiger partial charge in [0, 0.05) is 16.6 Å². The Kier molecular flexibility index (Phi) is 4.39. The maximum Gasteiger partial charge on any atom is 0.120 e. The maximum absolute atomic E-state index is 9.27. The lowest BCUT2D eigenvalue weighted by Gasteiger charge is -2.07. The molecule has 1 atom stereocenters. The van der Waals surface area contributed by atoms with Crippen LogP contribution in [0.15, 0.2) is 18.2 Å². The first kappa shape index (κ1) is 11.6. The molecule has 1 aromatic carbocycles. The molecule has 0 aliphatic heterocycles. The van der Waals surface area contributed by atoms with Crippen LogP contribution in [0.2, 0.25) is 5.02 Å². The van der Waals surface area contributed by atoms with Crippen LogP contribution in [0.3, 0.4) is 0 Å². The van der Waals surface area contributed by atoms with E-state index < -0.39 is 0 Å². The van der Waals surface area contributed by atoms with Crippen LogP contribution in [0.5, 0.6) is 5.75 Å². The van der Waals surface area contributed by atoms with Gasteiger partial charge in [-0.1, -0.05) is 11.6 Å². The zero-order valence-electron chi connectivity index (χ0n) is 6.62. The molecule has 0 saturated heterocycles. The second kappa shape index (κ2) is 4.55. The smallest absolute Gasteiger partial charge is 0.120 e. The summed E-state index contributed by atoms with van der Waals surface area (Å²) in [6.07, 6.45) is 0. The zero-order valence-corrected chi connectivity index (χ0v) is 8.19. The minimum atomic E-state index is -0.186. The quantitative estimate of drug-likeness (QED) is 0.744. The molecule has 0 unspecified atom stereocenters. The van der Waals surface area contributed by atoms with E-state index in [1.54, 1.807) is 25.1 Å². The van der Waals surface area contributed by atoms with Crippen LogP contribution in [-0.4, -0.2) is 5.11 Å². The minimum Gasteiger partial charge on any atom is -0.508 e. The number of aromatic hydroxyl groups is 1. The van der Waals surface area contributed by atoms with E-state index in [-0.39, 0.29) is 24.2 Å². The molecular formula is C8H11Cl2NO. The highest BCUT2D eigenvalue weighted by atomic mass is 35.5. The fourth-order valence-corrected chi connectivity index (χ4v) is 1.07. The van der Waals surface area contributed by atoms with Gasteiger partial charge in [-0.05, 0) is 25.1 Å². The summed E-state index contributed by atoms with van der Waals surface area (Å²) < 4.78 is 0. The molecule has 0 fully saturated rings. The van der Waals surface area contributed by atoms with Gasteiger partial charge in [0.2, 0.25) is 0 Å². The van der Waals surface area contributed by atoms with Gasteiger partial charge < -0.3 is 10.8 Å². The molecule has 0 aromatic heterocycles. The number of hydrogen-bond donors (Lipinski definition) is 2. The second-order valence-electron chi connectivity index (χ2n) is 2.49. The topological polar surface area (TPSA) is 46.2 Å². The average molecular weight is 208 g/mol. The monoisotopic (exact) mass is 207 g/mol. The Morgan fingerprint density at radius 1 is 1.50 bits per heavy atom. The highest BCUT2D eigenvalue weighted by molar-refractivity contribution is 6.30. The Labute approximate surface area is 82.8 Å². The van der Waals surface area contributed by atoms with Crippen LogP contribution >= 0.6 is 24.0 Å². The van der Waals surface area contributed by atoms with Gasteiger partial charge in [0.05, 0.1) is 0 Å². The van der Waals surface area contributed by atoms with Gasteiger partial charge in [0.15, 0.2) is 0 Å². The minimum absolute atomic E-state index is 0. The summed E-state index contributed by atoms with van der Waals surface area (Å²) in [5.74, 6) is 0.199. The predicted octanol–water partition coefficient (Wildman–Crippen LogP) is 2.49. The molecule has 0 heterocycles. The number of hydrogen-bond acceptors (Lipinski definition) is 2. The van der Waals surface area contributed by atoms with Crippen LogP contribution in [0, 0.1) is 0 Å². The van der Waals surface area contributed by atoms with Gasteiger partial charge in [0.1, 0.15) is 5.75 Å². The summed E-state index contributed by atoms with van der Waals surface area (Å²) in [7, 11) is 0. The standard InChI is InChI=1S/C8H10ClNO.ClH/c1-5(10)7-4-6(9)2-3-8(7)11;/h2-5,11H,10H2,1H3;1H/t5-;/m0./s1. The van der Waals surface area contributed by atoms with E-state index in [1.165, 1.54) is 0 Å². The Balaban J connectivity index is 0.00000121. The van der Waals surface area contributed by atoms with Crippen molar-refractivity contribution in [2.75, 3.05) is 0 Å². The third-order valence-corrected chi connectivity index (χ3v) is 1.72. The van der Waals surface area contributed by atoms with Crippen molar-refractivity contribution in [2.24, 2.45) is 5.73 Å². The molecule has 0 radical (unpaired) electrons. The lowest BCUT2D eigenvalue weighted by molar-refractivity contribution is 0.464. The number of benzene rings is 1. The summed E-state index contributed by atoms with van der Waals surface area (Å²) in [4.78, 5) is 0. The summed E-state index contributed by atoms with van der Waals surface area (Å²) in [5, 5.41) is 9.86. The summed E-state index contributed by atoms with van der Waals surface area (Å²) in [5.41, 5.74) is 6.24. The van der Waals surface area contributed by atoms with Crippen molar-refractivity contribution >= 4 is 24.0 Å². The Bertz CT molecular complexity index is 263. The first-order chi connectivity index (χ1) is 5.11. The van der Waals surface area contributed by atoms with Gasteiger partial charge in [-0.15, -0.1) is 12.4 Å². The van der Waals surface area contributed by atoms with E-state index in [4.69, 9.17) is 17.3 Å². The SMILES string of the molecule is C[C@H](N)c1cc(Cl)ccc1O.Cl. The van der Waals surface area contributed by atoms with Crippen LogP contribution < -0.4 is 5.73 Å². The lowest BCUT2D eigenvalue weighted by Crippen LogP contribution is -2.04. The zero-order chi connectivity index (χ0) is 8.43. The second-order valence-corrected chi connectivity index (χ2v) is 2.93. The fraction of sp³-hybridized carbons (Fsp3) is 0.250. The third-order valence-electron chi connectivity index (χ3n) is 1.48. The van der Waals surface area contributed by atoms with Gasteiger partial charge in [-0.2, -0.15) is 0 Å². The van der Waals surface area contributed by atoms with E-state index in [0.29, 0.717) is 10.6 Å². The van der Waals surface area contributed by atoms with E-state index in [1.807, 2.05) is 0 Å². The molecule has 0 spiro atoms. The van der Waals surface area contributed by atoms with Crippen molar-refractivity contribution in [1.29, 1.82) is 0 Å². The highest BCUT2D eigenvalue weighted by Gasteiger charge is 2.05. The van der Waals surface area contributed by atoms with E-state index in [0.717, 1.165) is 0 Å². The molecule has 0 bridgehead atoms. The molecule has 4 heteroatoms. The molecule has 1 aromatic rings. The normalized spacial score (nSPS) is 11.9. The largest absolute Gasteiger partial charge is 0.508 e. The first-order valence-electron chi connectivity index (χ1n) is 3.35. The molecule has 0 saturated carbocycles. The summed E-state index contributed by atoms with van der Waals surface area (Å²) in [6.45, 7) is 1.80. The van der Waals surface area contributed by atoms with Crippen LogP contribution in [0.1, 0.15) is 18.5 Å².